The number of hydrogen-bond acceptors (Lipinski definition) is 3. The second kappa shape index (κ2) is 9.85. The van der Waals surface area contributed by atoms with E-state index in [1.165, 1.54) is 0 Å². The zero-order valence-corrected chi connectivity index (χ0v) is 24.5. The summed E-state index contributed by atoms with van der Waals surface area (Å²) in [7, 11) is 1.66. The van der Waals surface area contributed by atoms with Crippen molar-refractivity contribution < 1.29 is 14.6 Å². The highest BCUT2D eigenvalue weighted by molar-refractivity contribution is 6.10. The summed E-state index contributed by atoms with van der Waals surface area (Å²) in [6, 6.07) is 30.3. The molecule has 0 aliphatic carbocycles. The molecule has 4 aromatic rings. The number of carbonyl (C=O) groups excluding carboxylic acids is 1. The maximum absolute atomic E-state index is 14.5. The second-order valence-electron chi connectivity index (χ2n) is 12.8. The minimum absolute atomic E-state index is 0.0663. The predicted octanol–water partition coefficient (Wildman–Crippen LogP) is 8.07. The Balaban J connectivity index is 1.94. The monoisotopic (exact) mass is 533 g/mol. The van der Waals surface area contributed by atoms with Gasteiger partial charge in [-0.25, -0.2) is 0 Å². The van der Waals surface area contributed by atoms with Gasteiger partial charge in [0, 0.05) is 11.6 Å². The number of phenolic OH excluding ortho intramolecular Hbond substituents is 1. The summed E-state index contributed by atoms with van der Waals surface area (Å²) in [4.78, 5) is 14.5. The minimum atomic E-state index is -1.05. The summed E-state index contributed by atoms with van der Waals surface area (Å²) in [5.41, 5.74) is 4.69. The Hall–Kier alpha value is -4.05. The number of benzene rings is 4. The molecule has 4 aromatic carbocycles. The summed E-state index contributed by atoms with van der Waals surface area (Å²) in [6.07, 6.45) is 0. The number of amides is 1. The van der Waals surface area contributed by atoms with Gasteiger partial charge in [-0.3, -0.25) is 4.79 Å². The van der Waals surface area contributed by atoms with Gasteiger partial charge in [-0.05, 0) is 62.4 Å². The molecule has 0 bridgehead atoms. The van der Waals surface area contributed by atoms with Gasteiger partial charge in [0.25, 0.3) is 0 Å². The van der Waals surface area contributed by atoms with Crippen LogP contribution in [0.4, 0.5) is 5.69 Å². The molecule has 2 atom stereocenters. The molecule has 40 heavy (non-hydrogen) atoms. The number of methoxy groups -OCH3 is 1. The first-order valence-corrected chi connectivity index (χ1v) is 13.9. The van der Waals surface area contributed by atoms with Gasteiger partial charge in [0.15, 0.2) is 0 Å². The van der Waals surface area contributed by atoms with Crippen molar-refractivity contribution in [2.75, 3.05) is 12.4 Å². The number of phenols is 1. The quantitative estimate of drug-likeness (QED) is 0.273. The lowest BCUT2D eigenvalue weighted by molar-refractivity contribution is -0.120. The van der Waals surface area contributed by atoms with Crippen molar-refractivity contribution in [3.8, 4) is 11.5 Å². The molecule has 2 N–H and O–H groups in total. The van der Waals surface area contributed by atoms with Crippen LogP contribution in [0.15, 0.2) is 91.0 Å². The van der Waals surface area contributed by atoms with E-state index >= 15 is 0 Å². The molecule has 4 nitrogen and oxygen atoms in total. The van der Waals surface area contributed by atoms with Crippen LogP contribution >= 0.6 is 0 Å². The van der Waals surface area contributed by atoms with Crippen LogP contribution in [0.1, 0.15) is 80.8 Å². The van der Waals surface area contributed by atoms with Gasteiger partial charge in [-0.1, -0.05) is 114 Å². The topological polar surface area (TPSA) is 58.6 Å². The van der Waals surface area contributed by atoms with Crippen molar-refractivity contribution in [1.82, 2.24) is 0 Å². The third-order valence-electron chi connectivity index (χ3n) is 8.15. The van der Waals surface area contributed by atoms with E-state index in [1.807, 2.05) is 60.7 Å². The van der Waals surface area contributed by atoms with E-state index in [2.05, 4.69) is 77.2 Å². The van der Waals surface area contributed by atoms with E-state index in [4.69, 9.17) is 4.74 Å². The molecular formula is C36H39NO3. The van der Waals surface area contributed by atoms with Gasteiger partial charge in [0.2, 0.25) is 5.91 Å². The van der Waals surface area contributed by atoms with Crippen molar-refractivity contribution in [3.05, 3.63) is 124 Å². The summed E-state index contributed by atoms with van der Waals surface area (Å²) in [5.74, 6) is 0.613. The first-order valence-electron chi connectivity index (χ1n) is 13.9. The van der Waals surface area contributed by atoms with Crippen LogP contribution in [-0.2, 0) is 21.0 Å². The molecule has 1 aliphatic rings. The highest BCUT2D eigenvalue weighted by Gasteiger charge is 2.55. The summed E-state index contributed by atoms with van der Waals surface area (Å²) in [6.45, 7) is 12.7. The third kappa shape index (κ3) is 4.46. The summed E-state index contributed by atoms with van der Waals surface area (Å²) < 4.78 is 5.50. The van der Waals surface area contributed by atoms with Crippen molar-refractivity contribution in [1.29, 1.82) is 0 Å². The SMILES string of the molecule is COc1ccc(C(c2cc(C(C)(C)C)c(O)c(C(C)(C)C)c2)C2(c3ccccc3)C(=O)Nc3ccccc32)cc1. The van der Waals surface area contributed by atoms with Crippen LogP contribution in [0.5, 0.6) is 11.5 Å². The second-order valence-corrected chi connectivity index (χ2v) is 12.8. The zero-order chi connectivity index (χ0) is 28.9. The molecule has 1 aliphatic heterocycles. The maximum atomic E-state index is 14.5. The Morgan fingerprint density at radius 2 is 1.30 bits per heavy atom. The van der Waals surface area contributed by atoms with Crippen LogP contribution in [0.3, 0.4) is 0 Å². The fraction of sp³-hybridized carbons (Fsp3) is 0.306. The zero-order valence-electron chi connectivity index (χ0n) is 24.5. The average Bonchev–Trinajstić information content (AvgIpc) is 3.21. The van der Waals surface area contributed by atoms with E-state index in [0.29, 0.717) is 5.75 Å². The molecule has 0 saturated heterocycles. The van der Waals surface area contributed by atoms with Crippen molar-refractivity contribution in [3.63, 3.8) is 0 Å². The molecular weight excluding hydrogens is 494 g/mol. The van der Waals surface area contributed by atoms with Crippen molar-refractivity contribution in [2.45, 2.75) is 63.7 Å². The molecule has 0 aromatic heterocycles. The highest BCUT2D eigenvalue weighted by atomic mass is 16.5. The lowest BCUT2D eigenvalue weighted by atomic mass is 9.61. The first-order chi connectivity index (χ1) is 18.9. The van der Waals surface area contributed by atoms with Gasteiger partial charge in [-0.15, -0.1) is 0 Å². The lowest BCUT2D eigenvalue weighted by Crippen LogP contribution is -2.42. The van der Waals surface area contributed by atoms with Gasteiger partial charge < -0.3 is 15.2 Å². The number of ether oxygens (including phenoxy) is 1. The number of anilines is 1. The van der Waals surface area contributed by atoms with E-state index in [9.17, 15) is 9.90 Å². The average molecular weight is 534 g/mol. The van der Waals surface area contributed by atoms with Crippen LogP contribution in [-0.4, -0.2) is 18.1 Å². The molecule has 0 fully saturated rings. The Morgan fingerprint density at radius 3 is 1.85 bits per heavy atom. The fourth-order valence-corrected chi connectivity index (χ4v) is 6.18. The number of carbonyl (C=O) groups is 1. The van der Waals surface area contributed by atoms with E-state index in [0.717, 1.165) is 44.8 Å². The maximum Gasteiger partial charge on any atom is 0.240 e. The molecule has 206 valence electrons. The van der Waals surface area contributed by atoms with Gasteiger partial charge in [0.1, 0.15) is 16.9 Å². The van der Waals surface area contributed by atoms with Crippen LogP contribution in [0, 0.1) is 0 Å². The van der Waals surface area contributed by atoms with Gasteiger partial charge in [-0.2, -0.15) is 0 Å². The minimum Gasteiger partial charge on any atom is -0.507 e. The normalized spacial score (nSPS) is 17.7. The number of nitrogens with one attached hydrogen (secondary N) is 1. The standard InChI is InChI=1S/C36H39NO3/c1-34(2,3)28-21-24(22-29(32(28)38)35(4,5)6)31(23-17-19-26(40-7)20-18-23)36(25-13-9-8-10-14-25)27-15-11-12-16-30(27)37-33(36)39/h8-22,31,38H,1-7H3,(H,37,39). The van der Waals surface area contributed by atoms with E-state index in [1.54, 1.807) is 7.11 Å². The van der Waals surface area contributed by atoms with Crippen LogP contribution < -0.4 is 10.1 Å². The number of fused-ring (bicyclic) bond motifs is 1. The molecule has 5 rings (SSSR count). The third-order valence-corrected chi connectivity index (χ3v) is 8.15. The number of hydrogen-bond donors (Lipinski definition) is 2. The Bertz CT molecular complexity index is 1510. The molecule has 0 saturated carbocycles. The van der Waals surface area contributed by atoms with Crippen LogP contribution in [0.2, 0.25) is 0 Å². The van der Waals surface area contributed by atoms with Crippen LogP contribution in [0.25, 0.3) is 0 Å². The van der Waals surface area contributed by atoms with Crippen molar-refractivity contribution >= 4 is 11.6 Å². The Labute approximate surface area is 238 Å². The predicted molar refractivity (Wildman–Crippen MR) is 163 cm³/mol. The van der Waals surface area contributed by atoms with E-state index < -0.39 is 11.3 Å². The lowest BCUT2D eigenvalue weighted by Gasteiger charge is -2.39. The highest BCUT2D eigenvalue weighted by Crippen LogP contribution is 2.55. The van der Waals surface area contributed by atoms with Crippen molar-refractivity contribution in [2.24, 2.45) is 0 Å². The molecule has 1 heterocycles. The molecule has 4 heteroatoms. The molecule has 0 spiro atoms. The van der Waals surface area contributed by atoms with Gasteiger partial charge in [0.05, 0.1) is 7.11 Å². The largest absolute Gasteiger partial charge is 0.507 e. The molecule has 0 radical (unpaired) electrons. The number of para-hydroxylation sites is 1. The fourth-order valence-electron chi connectivity index (χ4n) is 6.18. The number of aromatic hydroxyl groups is 1. The van der Waals surface area contributed by atoms with Gasteiger partial charge >= 0.3 is 0 Å². The Kier molecular flexibility index (Phi) is 6.78. The summed E-state index contributed by atoms with van der Waals surface area (Å²) in [5, 5.41) is 14.8. The number of rotatable bonds is 5. The van der Waals surface area contributed by atoms with E-state index in [-0.39, 0.29) is 16.7 Å². The summed E-state index contributed by atoms with van der Waals surface area (Å²) >= 11 is 0. The smallest absolute Gasteiger partial charge is 0.240 e. The first kappa shape index (κ1) is 27.5. The molecule has 2 unspecified atom stereocenters. The Morgan fingerprint density at radius 1 is 0.750 bits per heavy atom. The molecule has 1 amide bonds.